The molecule has 0 saturated heterocycles. The number of imidazole rings is 1. The van der Waals surface area contributed by atoms with Crippen LogP contribution in [0.25, 0.3) is 11.3 Å². The number of nitrogens with zero attached hydrogens (tertiary/aromatic N) is 1. The highest BCUT2D eigenvalue weighted by Gasteiger charge is 2.16. The number of methoxy groups -OCH3 is 1. The van der Waals surface area contributed by atoms with Gasteiger partial charge in [-0.15, -0.1) is 0 Å². The third kappa shape index (κ3) is 1.83. The maximum atomic E-state index is 5.72. The van der Waals surface area contributed by atoms with Crippen molar-refractivity contribution in [2.24, 2.45) is 0 Å². The maximum absolute atomic E-state index is 5.72. The second kappa shape index (κ2) is 4.37. The van der Waals surface area contributed by atoms with E-state index in [1.807, 2.05) is 13.0 Å². The Morgan fingerprint density at radius 2 is 1.83 bits per heavy atom. The molecular formula is C14H19N3O. The molecule has 1 aromatic carbocycles. The highest BCUT2D eigenvalue weighted by molar-refractivity contribution is 5.73. The van der Waals surface area contributed by atoms with Crippen molar-refractivity contribution in [2.75, 3.05) is 12.8 Å². The van der Waals surface area contributed by atoms with E-state index in [0.717, 1.165) is 33.8 Å². The lowest BCUT2D eigenvalue weighted by Gasteiger charge is -2.15. The quantitative estimate of drug-likeness (QED) is 0.855. The lowest BCUT2D eigenvalue weighted by molar-refractivity contribution is 0.411. The molecule has 0 aliphatic rings. The molecule has 0 spiro atoms. The van der Waals surface area contributed by atoms with Gasteiger partial charge >= 0.3 is 0 Å². The van der Waals surface area contributed by atoms with Crippen LogP contribution in [0.15, 0.2) is 6.07 Å². The second-order valence-corrected chi connectivity index (χ2v) is 4.62. The minimum Gasteiger partial charge on any atom is -0.496 e. The summed E-state index contributed by atoms with van der Waals surface area (Å²) < 4.78 is 5.38. The van der Waals surface area contributed by atoms with E-state index in [4.69, 9.17) is 10.5 Å². The number of nitrogens with one attached hydrogen (secondary N) is 1. The van der Waals surface area contributed by atoms with E-state index in [-0.39, 0.29) is 0 Å². The van der Waals surface area contributed by atoms with Crippen LogP contribution < -0.4 is 10.5 Å². The Morgan fingerprint density at radius 1 is 1.17 bits per heavy atom. The summed E-state index contributed by atoms with van der Waals surface area (Å²) in [6.45, 7) is 8.19. The van der Waals surface area contributed by atoms with Gasteiger partial charge in [0.25, 0.3) is 0 Å². The van der Waals surface area contributed by atoms with Gasteiger partial charge in [-0.3, -0.25) is 0 Å². The number of hydrogen-bond acceptors (Lipinski definition) is 3. The molecule has 4 heteroatoms. The molecule has 0 radical (unpaired) electrons. The zero-order valence-corrected chi connectivity index (χ0v) is 11.5. The molecule has 0 fully saturated rings. The molecule has 0 unspecified atom stereocenters. The van der Waals surface area contributed by atoms with Crippen LogP contribution >= 0.6 is 0 Å². The number of nitrogen functional groups attached to an aromatic ring is 1. The molecule has 3 N–H and O–H groups in total. The van der Waals surface area contributed by atoms with E-state index in [1.54, 1.807) is 7.11 Å². The Kier molecular flexibility index (Phi) is 3.03. The molecule has 0 saturated carbocycles. The van der Waals surface area contributed by atoms with Crippen molar-refractivity contribution in [3.8, 4) is 17.0 Å². The summed E-state index contributed by atoms with van der Waals surface area (Å²) in [4.78, 5) is 7.42. The van der Waals surface area contributed by atoms with E-state index in [1.165, 1.54) is 5.56 Å². The van der Waals surface area contributed by atoms with Gasteiger partial charge in [0.15, 0.2) is 5.95 Å². The van der Waals surface area contributed by atoms with Crippen molar-refractivity contribution >= 4 is 5.95 Å². The normalized spacial score (nSPS) is 10.7. The third-order valence-electron chi connectivity index (χ3n) is 3.41. The van der Waals surface area contributed by atoms with Crippen molar-refractivity contribution in [2.45, 2.75) is 27.7 Å². The van der Waals surface area contributed by atoms with E-state index in [2.05, 4.69) is 30.7 Å². The predicted octanol–water partition coefficient (Wildman–Crippen LogP) is 2.90. The third-order valence-corrected chi connectivity index (χ3v) is 3.41. The summed E-state index contributed by atoms with van der Waals surface area (Å²) in [6, 6.07) is 2.04. The molecule has 4 nitrogen and oxygen atoms in total. The molecule has 0 bridgehead atoms. The van der Waals surface area contributed by atoms with Crippen LogP contribution in [0.3, 0.4) is 0 Å². The van der Waals surface area contributed by atoms with Crippen molar-refractivity contribution in [1.82, 2.24) is 9.97 Å². The molecule has 0 atom stereocenters. The van der Waals surface area contributed by atoms with E-state index < -0.39 is 0 Å². The van der Waals surface area contributed by atoms with Crippen LogP contribution in [0.2, 0.25) is 0 Å². The molecule has 1 heterocycles. The Balaban J connectivity index is 2.72. The van der Waals surface area contributed by atoms with Gasteiger partial charge in [-0.1, -0.05) is 0 Å². The average molecular weight is 245 g/mol. The number of aromatic amines is 1. The predicted molar refractivity (Wildman–Crippen MR) is 73.9 cm³/mol. The van der Waals surface area contributed by atoms with Gasteiger partial charge in [-0.25, -0.2) is 4.98 Å². The Bertz CT molecular complexity index is 600. The van der Waals surface area contributed by atoms with E-state index >= 15 is 0 Å². The molecular weight excluding hydrogens is 226 g/mol. The number of H-pyrrole nitrogens is 1. The Hall–Kier alpha value is -1.97. The lowest BCUT2D eigenvalue weighted by Crippen LogP contribution is -1.97. The van der Waals surface area contributed by atoms with Crippen molar-refractivity contribution in [3.63, 3.8) is 0 Å². The second-order valence-electron chi connectivity index (χ2n) is 4.62. The summed E-state index contributed by atoms with van der Waals surface area (Å²) in [5.41, 5.74) is 12.2. The number of nitrogens with two attached hydrogens (primary N) is 1. The SMILES string of the molecule is COc1cc(C)c(-c2nc(N)[nH]c2C)c(C)c1C. The fourth-order valence-corrected chi connectivity index (χ4v) is 2.35. The van der Waals surface area contributed by atoms with Gasteiger partial charge in [-0.2, -0.15) is 0 Å². The molecule has 0 aliphatic heterocycles. The largest absolute Gasteiger partial charge is 0.496 e. The average Bonchev–Trinajstić information content (AvgIpc) is 2.63. The first kappa shape index (κ1) is 12.5. The minimum atomic E-state index is 0.453. The van der Waals surface area contributed by atoms with E-state index in [0.29, 0.717) is 5.95 Å². The zero-order chi connectivity index (χ0) is 13.4. The van der Waals surface area contributed by atoms with Crippen molar-refractivity contribution < 1.29 is 4.74 Å². The number of anilines is 1. The van der Waals surface area contributed by atoms with Crippen LogP contribution in [0.5, 0.6) is 5.75 Å². The molecule has 0 aliphatic carbocycles. The number of rotatable bonds is 2. The summed E-state index contributed by atoms with van der Waals surface area (Å²) in [6.07, 6.45) is 0. The van der Waals surface area contributed by atoms with Gasteiger partial charge in [0.05, 0.1) is 12.8 Å². The molecule has 1 aromatic heterocycles. The van der Waals surface area contributed by atoms with Gasteiger partial charge in [0.2, 0.25) is 0 Å². The first-order chi connectivity index (χ1) is 8.45. The van der Waals surface area contributed by atoms with Crippen molar-refractivity contribution in [3.05, 3.63) is 28.5 Å². The summed E-state index contributed by atoms with van der Waals surface area (Å²) >= 11 is 0. The van der Waals surface area contributed by atoms with Crippen molar-refractivity contribution in [1.29, 1.82) is 0 Å². The Labute approximate surface area is 107 Å². The van der Waals surface area contributed by atoms with Crippen LogP contribution in [0, 0.1) is 27.7 Å². The van der Waals surface area contributed by atoms with Crippen LogP contribution in [-0.2, 0) is 0 Å². The van der Waals surface area contributed by atoms with Crippen LogP contribution in [-0.4, -0.2) is 17.1 Å². The molecule has 18 heavy (non-hydrogen) atoms. The van der Waals surface area contributed by atoms with Gasteiger partial charge in [-0.05, 0) is 50.5 Å². The molecule has 2 aromatic rings. The zero-order valence-electron chi connectivity index (χ0n) is 11.5. The fraction of sp³-hybridized carbons (Fsp3) is 0.357. The topological polar surface area (TPSA) is 63.9 Å². The van der Waals surface area contributed by atoms with Crippen LogP contribution in [0.1, 0.15) is 22.4 Å². The number of aromatic nitrogens is 2. The highest BCUT2D eigenvalue weighted by atomic mass is 16.5. The van der Waals surface area contributed by atoms with Gasteiger partial charge < -0.3 is 15.5 Å². The maximum Gasteiger partial charge on any atom is 0.198 e. The summed E-state index contributed by atoms with van der Waals surface area (Å²) in [5.74, 6) is 1.37. The first-order valence-corrected chi connectivity index (χ1v) is 5.93. The minimum absolute atomic E-state index is 0.453. The summed E-state index contributed by atoms with van der Waals surface area (Å²) in [7, 11) is 1.69. The summed E-state index contributed by atoms with van der Waals surface area (Å²) in [5, 5.41) is 0. The van der Waals surface area contributed by atoms with Gasteiger partial charge in [0, 0.05) is 11.3 Å². The molecule has 2 rings (SSSR count). The van der Waals surface area contributed by atoms with E-state index in [9.17, 15) is 0 Å². The number of benzene rings is 1. The first-order valence-electron chi connectivity index (χ1n) is 5.93. The number of hydrogen-bond donors (Lipinski definition) is 2. The Morgan fingerprint density at radius 3 is 2.33 bits per heavy atom. The van der Waals surface area contributed by atoms with Gasteiger partial charge in [0.1, 0.15) is 5.75 Å². The smallest absolute Gasteiger partial charge is 0.198 e. The monoisotopic (exact) mass is 245 g/mol. The molecule has 96 valence electrons. The number of aryl methyl sites for hydroxylation is 2. The number of ether oxygens (including phenoxy) is 1. The fourth-order valence-electron chi connectivity index (χ4n) is 2.35. The lowest BCUT2D eigenvalue weighted by atomic mass is 9.94. The highest BCUT2D eigenvalue weighted by Crippen LogP contribution is 2.35. The van der Waals surface area contributed by atoms with Crippen LogP contribution in [0.4, 0.5) is 5.95 Å². The standard InChI is InChI=1S/C14H19N3O/c1-7-6-11(18-5)8(2)9(3)12(7)13-10(4)16-14(15)17-13/h6H,1-5H3,(H3,15,16,17). The molecule has 0 amide bonds.